The van der Waals surface area contributed by atoms with Crippen LogP contribution in [0, 0.1) is 0 Å². The molecular formula is C32H44ClN3O7S. The number of nitrogens with one attached hydrogen (secondary N) is 2. The summed E-state index contributed by atoms with van der Waals surface area (Å²) in [5, 5.41) is 20.2. The summed E-state index contributed by atoms with van der Waals surface area (Å²) >= 11 is 6.17. The van der Waals surface area contributed by atoms with E-state index in [1.165, 1.54) is 23.1 Å². The second-order valence-electron chi connectivity index (χ2n) is 11.0. The molecule has 0 amide bonds. The highest BCUT2D eigenvalue weighted by Gasteiger charge is 2.47. The van der Waals surface area contributed by atoms with Gasteiger partial charge in [-0.3, -0.25) is 0 Å². The van der Waals surface area contributed by atoms with E-state index in [1.807, 2.05) is 18.2 Å². The van der Waals surface area contributed by atoms with Crippen LogP contribution in [0.25, 0.3) is 0 Å². The van der Waals surface area contributed by atoms with Crippen LogP contribution in [0.1, 0.15) is 62.3 Å². The summed E-state index contributed by atoms with van der Waals surface area (Å²) < 4.78 is 33.4. The number of sulfonamides is 1. The van der Waals surface area contributed by atoms with Crippen molar-refractivity contribution in [2.75, 3.05) is 45.1 Å². The Morgan fingerprint density at radius 1 is 1.09 bits per heavy atom. The van der Waals surface area contributed by atoms with Gasteiger partial charge in [0.25, 0.3) is 0 Å². The third kappa shape index (κ3) is 10.3. The highest BCUT2D eigenvalue weighted by molar-refractivity contribution is 7.89. The van der Waals surface area contributed by atoms with Crippen LogP contribution in [0.4, 0.5) is 0 Å². The van der Waals surface area contributed by atoms with Crippen molar-refractivity contribution < 1.29 is 33.0 Å². The monoisotopic (exact) mass is 649 g/mol. The first-order valence-corrected chi connectivity index (χ1v) is 17.1. The van der Waals surface area contributed by atoms with Crippen LogP contribution in [0.2, 0.25) is 5.02 Å². The van der Waals surface area contributed by atoms with Crippen LogP contribution >= 0.6 is 11.6 Å². The van der Waals surface area contributed by atoms with Crippen LogP contribution < -0.4 is 14.8 Å². The van der Waals surface area contributed by atoms with E-state index in [4.69, 9.17) is 26.6 Å². The zero-order valence-corrected chi connectivity index (χ0v) is 27.0. The first-order valence-electron chi connectivity index (χ1n) is 15.1. The quantitative estimate of drug-likeness (QED) is 0.163. The molecule has 0 saturated heterocycles. The Bertz CT molecular complexity index is 1360. The smallest absolute Gasteiger partial charge is 0.328 e. The van der Waals surface area contributed by atoms with Gasteiger partial charge >= 0.3 is 11.9 Å². The van der Waals surface area contributed by atoms with Crippen molar-refractivity contribution in [3.63, 3.8) is 0 Å². The summed E-state index contributed by atoms with van der Waals surface area (Å²) in [5.74, 6) is -1.59. The average Bonchev–Trinajstić information content (AvgIpc) is 2.97. The van der Waals surface area contributed by atoms with Gasteiger partial charge in [-0.05, 0) is 92.8 Å². The molecule has 242 valence electrons. The van der Waals surface area contributed by atoms with E-state index in [1.54, 1.807) is 0 Å². The van der Waals surface area contributed by atoms with Gasteiger partial charge in [-0.25, -0.2) is 22.7 Å². The predicted molar refractivity (Wildman–Crippen MR) is 172 cm³/mol. The molecular weight excluding hydrogens is 606 g/mol. The van der Waals surface area contributed by atoms with Crippen molar-refractivity contribution in [1.82, 2.24) is 14.9 Å². The van der Waals surface area contributed by atoms with E-state index >= 15 is 0 Å². The number of ether oxygens (including phenoxy) is 1. The number of fused-ring (bicyclic) bond motifs is 1. The molecule has 12 heteroatoms. The minimum absolute atomic E-state index is 0.0686. The molecule has 44 heavy (non-hydrogen) atoms. The van der Waals surface area contributed by atoms with Gasteiger partial charge in [-0.1, -0.05) is 50.1 Å². The largest absolute Gasteiger partial charge is 0.492 e. The van der Waals surface area contributed by atoms with Crippen LogP contribution in [-0.2, 0) is 31.4 Å². The number of carboxylic acids is 2. The van der Waals surface area contributed by atoms with E-state index in [0.717, 1.165) is 56.2 Å². The molecule has 0 aromatic heterocycles. The first-order chi connectivity index (χ1) is 21.0. The summed E-state index contributed by atoms with van der Waals surface area (Å²) in [5.41, 5.74) is 4.06. The molecule has 0 radical (unpaired) electrons. The zero-order chi connectivity index (χ0) is 32.2. The molecule has 10 nitrogen and oxygen atoms in total. The number of aliphatic carboxylic acids is 2. The van der Waals surface area contributed by atoms with Crippen LogP contribution in [-0.4, -0.2) is 80.6 Å². The molecule has 4 N–H and O–H groups in total. The summed E-state index contributed by atoms with van der Waals surface area (Å²) in [6, 6.07) is 14.9. The molecule has 1 aliphatic carbocycles. The number of benzene rings is 2. The molecule has 2 aliphatic rings. The molecule has 1 saturated carbocycles. The maximum absolute atomic E-state index is 12.3. The topological polar surface area (TPSA) is 145 Å². The molecule has 1 aliphatic heterocycles. The fraction of sp³-hybridized carbons (Fsp3) is 0.500. The Kier molecular flexibility index (Phi) is 13.7. The second kappa shape index (κ2) is 16.9. The van der Waals surface area contributed by atoms with Crippen LogP contribution in [0.3, 0.4) is 0 Å². The molecule has 4 rings (SSSR count). The third-order valence-electron chi connectivity index (χ3n) is 8.23. The molecule has 2 aromatic rings. The van der Waals surface area contributed by atoms with Crippen molar-refractivity contribution in [3.05, 3.63) is 76.3 Å². The molecule has 2 aromatic carbocycles. The van der Waals surface area contributed by atoms with Crippen LogP contribution in [0.5, 0.6) is 5.75 Å². The van der Waals surface area contributed by atoms with Gasteiger partial charge in [0.1, 0.15) is 12.4 Å². The van der Waals surface area contributed by atoms with E-state index < -0.39 is 22.0 Å². The minimum Gasteiger partial charge on any atom is -0.492 e. The normalized spacial score (nSPS) is 17.3. The van der Waals surface area contributed by atoms with Crippen LogP contribution in [0.15, 0.2) is 54.6 Å². The lowest BCUT2D eigenvalue weighted by Crippen LogP contribution is -2.49. The Morgan fingerprint density at radius 3 is 2.32 bits per heavy atom. The average molecular weight is 650 g/mol. The maximum atomic E-state index is 12.3. The lowest BCUT2D eigenvalue weighted by Gasteiger charge is -2.50. The van der Waals surface area contributed by atoms with Gasteiger partial charge in [0.05, 0.1) is 5.75 Å². The van der Waals surface area contributed by atoms with E-state index in [0.29, 0.717) is 25.2 Å². The predicted octanol–water partition coefficient (Wildman–Crippen LogP) is 4.39. The van der Waals surface area contributed by atoms with Gasteiger partial charge in [0.15, 0.2) is 0 Å². The number of hydrogen-bond acceptors (Lipinski definition) is 7. The Morgan fingerprint density at radius 2 is 1.75 bits per heavy atom. The summed E-state index contributed by atoms with van der Waals surface area (Å²) in [4.78, 5) is 21.3. The third-order valence-corrected chi connectivity index (χ3v) is 9.95. The SMILES string of the molecule is CCN(CC)CCCS(=O)(=O)NCCOc1ccc2c(c1)C(C1(c3ccc(Cl)cc3)CCC1)NCC2.O=C(O)C=CC(=O)O. The second-order valence-corrected chi connectivity index (χ2v) is 13.3. The number of carbonyl (C=O) groups is 2. The molecule has 1 heterocycles. The van der Waals surface area contributed by atoms with Crippen molar-refractivity contribution >= 4 is 33.6 Å². The maximum Gasteiger partial charge on any atom is 0.328 e. The molecule has 1 unspecified atom stereocenters. The van der Waals surface area contributed by atoms with Crippen molar-refractivity contribution in [2.45, 2.75) is 57.4 Å². The van der Waals surface area contributed by atoms with Gasteiger partial charge in [-0.2, -0.15) is 0 Å². The highest BCUT2D eigenvalue weighted by Crippen LogP contribution is 2.53. The first kappa shape index (κ1) is 35.5. The number of nitrogens with zero attached hydrogens (tertiary/aromatic N) is 1. The van der Waals surface area contributed by atoms with Crippen molar-refractivity contribution in [2.24, 2.45) is 0 Å². The Balaban J connectivity index is 0.000000583. The van der Waals surface area contributed by atoms with Gasteiger partial charge in [-0.15, -0.1) is 0 Å². The van der Waals surface area contributed by atoms with E-state index in [-0.39, 0.29) is 23.8 Å². The van der Waals surface area contributed by atoms with Gasteiger partial charge in [0, 0.05) is 35.2 Å². The van der Waals surface area contributed by atoms with Gasteiger partial charge in [0.2, 0.25) is 10.0 Å². The molecule has 0 bridgehead atoms. The summed E-state index contributed by atoms with van der Waals surface area (Å²) in [6.45, 7) is 8.39. The van der Waals surface area contributed by atoms with Crippen molar-refractivity contribution in [3.8, 4) is 5.75 Å². The number of hydrogen-bond donors (Lipinski definition) is 4. The van der Waals surface area contributed by atoms with Crippen molar-refractivity contribution in [1.29, 1.82) is 0 Å². The Hall–Kier alpha value is -2.96. The molecule has 1 fully saturated rings. The van der Waals surface area contributed by atoms with E-state index in [2.05, 4.69) is 53.1 Å². The lowest BCUT2D eigenvalue weighted by atomic mass is 9.58. The van der Waals surface area contributed by atoms with E-state index in [9.17, 15) is 18.0 Å². The Labute approximate surface area is 265 Å². The number of rotatable bonds is 15. The molecule has 0 spiro atoms. The fourth-order valence-corrected chi connectivity index (χ4v) is 6.97. The molecule has 1 atom stereocenters. The standard InChI is InChI=1S/C28H40ClN3O3S.C4H4O4/c1-3-32(4-2)18-6-20-36(33,34)31-17-19-35-25-12-7-22-13-16-30-27(26(22)21-25)28(14-5-15-28)23-8-10-24(29)11-9-23;5-3(6)1-2-4(7)8/h7-12,21,27,30-31H,3-6,13-20H2,1-2H3;1-2H,(H,5,6)(H,7,8). The minimum atomic E-state index is -3.30. The summed E-state index contributed by atoms with van der Waals surface area (Å²) in [7, 11) is -3.30. The fourth-order valence-electron chi connectivity index (χ4n) is 5.80. The zero-order valence-electron chi connectivity index (χ0n) is 25.4. The highest BCUT2D eigenvalue weighted by atomic mass is 35.5. The number of carboxylic acid groups (broad SMARTS) is 2. The van der Waals surface area contributed by atoms with Gasteiger partial charge < -0.3 is 25.2 Å². The summed E-state index contributed by atoms with van der Waals surface area (Å²) in [6.07, 6.45) is 6.26. The lowest BCUT2D eigenvalue weighted by molar-refractivity contribution is -0.134. The number of halogens is 1.